The number of benzene rings is 1. The molecule has 4 rings (SSSR count). The van der Waals surface area contributed by atoms with Gasteiger partial charge in [-0.1, -0.05) is 30.3 Å². The molecule has 3 heterocycles. The van der Waals surface area contributed by atoms with Gasteiger partial charge in [0.1, 0.15) is 5.76 Å². The van der Waals surface area contributed by atoms with Gasteiger partial charge in [0.15, 0.2) is 5.96 Å². The van der Waals surface area contributed by atoms with Crippen molar-refractivity contribution in [2.45, 2.75) is 38.2 Å². The summed E-state index contributed by atoms with van der Waals surface area (Å²) in [7, 11) is 0. The Morgan fingerprint density at radius 2 is 2.04 bits per heavy atom. The Balaban J connectivity index is 1.37. The van der Waals surface area contributed by atoms with Crippen LogP contribution in [0.15, 0.2) is 58.1 Å². The van der Waals surface area contributed by atoms with Crippen LogP contribution >= 0.6 is 0 Å². The Labute approximate surface area is 167 Å². The van der Waals surface area contributed by atoms with E-state index in [4.69, 9.17) is 14.1 Å². The van der Waals surface area contributed by atoms with Crippen LogP contribution in [0.4, 0.5) is 0 Å². The largest absolute Gasteiger partial charge is 0.469 e. The summed E-state index contributed by atoms with van der Waals surface area (Å²) in [5.74, 6) is 2.66. The van der Waals surface area contributed by atoms with Gasteiger partial charge < -0.3 is 19.4 Å². The van der Waals surface area contributed by atoms with Gasteiger partial charge in [0.25, 0.3) is 0 Å². The Hall–Kier alpha value is -2.27. The minimum absolute atomic E-state index is 0.443. The number of piperidine rings is 1. The average molecular weight is 382 g/mol. The van der Waals surface area contributed by atoms with Gasteiger partial charge in [0.05, 0.1) is 12.4 Å². The van der Waals surface area contributed by atoms with Crippen molar-refractivity contribution >= 4 is 5.96 Å². The Morgan fingerprint density at radius 3 is 2.89 bits per heavy atom. The molecule has 1 aromatic carbocycles. The van der Waals surface area contributed by atoms with Crippen molar-refractivity contribution in [2.75, 3.05) is 32.8 Å². The zero-order valence-corrected chi connectivity index (χ0v) is 16.6. The minimum Gasteiger partial charge on any atom is -0.469 e. The average Bonchev–Trinajstić information content (AvgIpc) is 3.27. The second kappa shape index (κ2) is 9.78. The third kappa shape index (κ3) is 5.16. The maximum Gasteiger partial charge on any atom is 0.193 e. The topological polar surface area (TPSA) is 50.0 Å². The fourth-order valence-electron chi connectivity index (χ4n) is 4.24. The minimum atomic E-state index is 0.443. The quantitative estimate of drug-likeness (QED) is 0.615. The number of rotatable bonds is 6. The number of hydrogen-bond acceptors (Lipinski definition) is 3. The molecule has 2 atom stereocenters. The van der Waals surface area contributed by atoms with Crippen LogP contribution in [0.1, 0.15) is 30.6 Å². The molecule has 1 N–H and O–H groups in total. The van der Waals surface area contributed by atoms with Crippen LogP contribution in [0.5, 0.6) is 0 Å². The van der Waals surface area contributed by atoms with E-state index < -0.39 is 0 Å². The van der Waals surface area contributed by atoms with Gasteiger partial charge in [0, 0.05) is 45.1 Å². The van der Waals surface area contributed by atoms with Crippen LogP contribution in [-0.2, 0) is 17.6 Å². The molecule has 2 aromatic rings. The van der Waals surface area contributed by atoms with Gasteiger partial charge in [-0.25, -0.2) is 0 Å². The lowest BCUT2D eigenvalue weighted by Crippen LogP contribution is -2.52. The fraction of sp³-hybridized carbons (Fsp3) is 0.522. The summed E-state index contributed by atoms with van der Waals surface area (Å²) in [4.78, 5) is 7.36. The first-order chi connectivity index (χ1) is 13.9. The number of fused-ring (bicyclic) bond motifs is 1. The first-order valence-electron chi connectivity index (χ1n) is 10.6. The number of guanidine groups is 1. The van der Waals surface area contributed by atoms with Crippen LogP contribution in [0.2, 0.25) is 0 Å². The summed E-state index contributed by atoms with van der Waals surface area (Å²) in [6, 6.07) is 14.6. The Kier molecular flexibility index (Phi) is 6.66. The molecule has 5 heteroatoms. The molecule has 0 amide bonds. The zero-order chi connectivity index (χ0) is 19.0. The number of likely N-dealkylation sites (tertiary alicyclic amines) is 1. The molecule has 5 nitrogen and oxygen atoms in total. The Morgan fingerprint density at radius 1 is 1.11 bits per heavy atom. The molecule has 0 spiro atoms. The van der Waals surface area contributed by atoms with E-state index in [0.29, 0.717) is 12.0 Å². The van der Waals surface area contributed by atoms with Crippen molar-refractivity contribution < 1.29 is 9.15 Å². The maximum atomic E-state index is 5.98. The predicted molar refractivity (Wildman–Crippen MR) is 112 cm³/mol. The monoisotopic (exact) mass is 381 g/mol. The summed E-state index contributed by atoms with van der Waals surface area (Å²) in [5, 5.41) is 3.62. The lowest BCUT2D eigenvalue weighted by Gasteiger charge is -2.42. The number of hydrogen-bond donors (Lipinski definition) is 1. The van der Waals surface area contributed by atoms with E-state index in [2.05, 4.69) is 40.5 Å². The summed E-state index contributed by atoms with van der Waals surface area (Å²) in [5.41, 5.74) is 1.35. The molecule has 0 bridgehead atoms. The van der Waals surface area contributed by atoms with Crippen molar-refractivity contribution in [1.82, 2.24) is 10.2 Å². The van der Waals surface area contributed by atoms with E-state index in [9.17, 15) is 0 Å². The summed E-state index contributed by atoms with van der Waals surface area (Å²) >= 11 is 0. The van der Waals surface area contributed by atoms with Crippen LogP contribution in [0.3, 0.4) is 0 Å². The van der Waals surface area contributed by atoms with Gasteiger partial charge in [0.2, 0.25) is 0 Å². The number of furan rings is 1. The zero-order valence-electron chi connectivity index (χ0n) is 16.6. The van der Waals surface area contributed by atoms with Gasteiger partial charge in [-0.2, -0.15) is 0 Å². The first kappa shape index (κ1) is 19.1. The highest BCUT2D eigenvalue weighted by atomic mass is 16.5. The van der Waals surface area contributed by atoms with Crippen molar-refractivity contribution in [3.8, 4) is 0 Å². The van der Waals surface area contributed by atoms with Crippen LogP contribution in [0, 0.1) is 5.92 Å². The third-order valence-electron chi connectivity index (χ3n) is 5.75. The van der Waals surface area contributed by atoms with E-state index in [0.717, 1.165) is 63.8 Å². The molecular weight excluding hydrogens is 350 g/mol. The van der Waals surface area contributed by atoms with E-state index in [-0.39, 0.29) is 0 Å². The molecule has 2 aliphatic rings. The van der Waals surface area contributed by atoms with E-state index in [1.54, 1.807) is 6.26 Å². The molecule has 2 fully saturated rings. The van der Waals surface area contributed by atoms with Gasteiger partial charge in [-0.15, -0.1) is 0 Å². The summed E-state index contributed by atoms with van der Waals surface area (Å²) in [6.07, 6.45) is 7.56. The molecule has 150 valence electrons. The predicted octanol–water partition coefficient (Wildman–Crippen LogP) is 3.51. The molecule has 0 aliphatic carbocycles. The normalized spacial score (nSPS) is 22.7. The highest BCUT2D eigenvalue weighted by molar-refractivity contribution is 5.80. The molecular formula is C23H31N3O2. The third-order valence-corrected chi connectivity index (χ3v) is 5.75. The second-order valence-corrected chi connectivity index (χ2v) is 7.74. The SMILES string of the molecule is c1ccc(CCNC(=NCCc2ccco2)N2CCC3OCCCC3C2)cc1. The molecule has 2 aliphatic heterocycles. The number of ether oxygens (including phenoxy) is 1. The molecule has 28 heavy (non-hydrogen) atoms. The smallest absolute Gasteiger partial charge is 0.193 e. The highest BCUT2D eigenvalue weighted by Gasteiger charge is 2.33. The summed E-state index contributed by atoms with van der Waals surface area (Å²) < 4.78 is 11.4. The van der Waals surface area contributed by atoms with Crippen molar-refractivity contribution in [3.05, 3.63) is 60.1 Å². The fourth-order valence-corrected chi connectivity index (χ4v) is 4.24. The first-order valence-corrected chi connectivity index (χ1v) is 10.6. The van der Waals surface area contributed by atoms with E-state index in [1.165, 1.54) is 18.4 Å². The van der Waals surface area contributed by atoms with Gasteiger partial charge in [-0.05, 0) is 43.4 Å². The molecule has 0 radical (unpaired) electrons. The van der Waals surface area contributed by atoms with Crippen molar-refractivity contribution in [2.24, 2.45) is 10.9 Å². The maximum absolute atomic E-state index is 5.98. The number of nitrogens with zero attached hydrogens (tertiary/aromatic N) is 2. The van der Waals surface area contributed by atoms with Crippen LogP contribution < -0.4 is 5.32 Å². The second-order valence-electron chi connectivity index (χ2n) is 7.74. The lowest BCUT2D eigenvalue weighted by molar-refractivity contribution is -0.0559. The number of aliphatic imine (C=N–C) groups is 1. The molecule has 0 saturated carbocycles. The lowest BCUT2D eigenvalue weighted by atomic mass is 9.88. The van der Waals surface area contributed by atoms with Crippen molar-refractivity contribution in [1.29, 1.82) is 0 Å². The van der Waals surface area contributed by atoms with Gasteiger partial charge >= 0.3 is 0 Å². The van der Waals surface area contributed by atoms with Crippen molar-refractivity contribution in [3.63, 3.8) is 0 Å². The standard InChI is InChI=1S/C23H31N3O2/c1-2-6-19(7-3-1)10-13-24-23(25-14-11-21-9-5-16-27-21)26-15-12-22-20(18-26)8-4-17-28-22/h1-3,5-7,9,16,20,22H,4,8,10-15,17-18H2,(H,24,25). The van der Waals surface area contributed by atoms with Gasteiger partial charge in [-0.3, -0.25) is 4.99 Å². The number of nitrogens with one attached hydrogen (secondary N) is 1. The molecule has 2 unspecified atom stereocenters. The van der Waals surface area contributed by atoms with E-state index in [1.807, 2.05) is 12.1 Å². The van der Waals surface area contributed by atoms with Crippen LogP contribution in [-0.4, -0.2) is 49.7 Å². The summed E-state index contributed by atoms with van der Waals surface area (Å²) in [6.45, 7) is 4.62. The van der Waals surface area contributed by atoms with Crippen LogP contribution in [0.25, 0.3) is 0 Å². The van der Waals surface area contributed by atoms with E-state index >= 15 is 0 Å². The molecule has 2 saturated heterocycles. The molecule has 1 aromatic heterocycles. The highest BCUT2D eigenvalue weighted by Crippen LogP contribution is 2.28. The Bertz CT molecular complexity index is 730.